The second-order valence-electron chi connectivity index (χ2n) is 7.49. The van der Waals surface area contributed by atoms with Crippen LogP contribution < -0.4 is 0 Å². The van der Waals surface area contributed by atoms with E-state index < -0.39 is 0 Å². The van der Waals surface area contributed by atoms with E-state index in [1.165, 1.54) is 6.42 Å². The molecule has 0 saturated carbocycles. The number of rotatable bonds is 3. The van der Waals surface area contributed by atoms with Crippen LogP contribution in [0.3, 0.4) is 0 Å². The lowest BCUT2D eigenvalue weighted by molar-refractivity contribution is -0.155. The zero-order chi connectivity index (χ0) is 14.0. The van der Waals surface area contributed by atoms with Crippen molar-refractivity contribution in [3.8, 4) is 0 Å². The average molecular weight is 255 g/mol. The predicted octanol–water partition coefficient (Wildman–Crippen LogP) is 3.09. The lowest BCUT2D eigenvalue weighted by atomic mass is 9.80. The highest BCUT2D eigenvalue weighted by molar-refractivity contribution is 5.70. The van der Waals surface area contributed by atoms with E-state index in [0.29, 0.717) is 11.8 Å². The summed E-state index contributed by atoms with van der Waals surface area (Å²) in [6, 6.07) is 0. The van der Waals surface area contributed by atoms with Gasteiger partial charge in [-0.15, -0.1) is 0 Å². The molecule has 1 fully saturated rings. The topological polar surface area (TPSA) is 29.5 Å². The van der Waals surface area contributed by atoms with E-state index in [1.54, 1.807) is 0 Å². The Bertz CT molecular complexity index is 286. The minimum atomic E-state index is -0.365. The monoisotopic (exact) mass is 255 g/mol. The van der Waals surface area contributed by atoms with E-state index in [2.05, 4.69) is 25.7 Å². The Balaban J connectivity index is 2.28. The van der Waals surface area contributed by atoms with Crippen LogP contribution in [0.15, 0.2) is 0 Å². The molecular weight excluding hydrogens is 226 g/mol. The first-order valence-corrected chi connectivity index (χ1v) is 7.02. The van der Waals surface area contributed by atoms with Gasteiger partial charge >= 0.3 is 5.97 Å². The molecule has 0 aliphatic carbocycles. The molecule has 0 aromatic heterocycles. The predicted molar refractivity (Wildman–Crippen MR) is 74.5 cm³/mol. The molecule has 0 aromatic carbocycles. The molecule has 0 radical (unpaired) electrons. The summed E-state index contributed by atoms with van der Waals surface area (Å²) in [6.07, 6.45) is 1.76. The number of ether oxygens (including phenoxy) is 1. The van der Waals surface area contributed by atoms with Crippen molar-refractivity contribution < 1.29 is 9.53 Å². The van der Waals surface area contributed by atoms with Crippen molar-refractivity contribution in [2.45, 2.75) is 60.0 Å². The molecule has 0 spiro atoms. The summed E-state index contributed by atoms with van der Waals surface area (Å²) >= 11 is 0. The molecule has 0 aromatic rings. The Kier molecular flexibility index (Phi) is 4.82. The number of hydrogen-bond acceptors (Lipinski definition) is 3. The molecule has 3 heteroatoms. The van der Waals surface area contributed by atoms with Crippen molar-refractivity contribution >= 4 is 5.97 Å². The quantitative estimate of drug-likeness (QED) is 0.726. The fraction of sp³-hybridized carbons (Fsp3) is 0.933. The Labute approximate surface area is 112 Å². The van der Waals surface area contributed by atoms with Gasteiger partial charge in [0.1, 0.15) is 5.60 Å². The molecule has 1 atom stereocenters. The van der Waals surface area contributed by atoms with Crippen molar-refractivity contribution in [2.24, 2.45) is 11.3 Å². The zero-order valence-electron chi connectivity index (χ0n) is 12.9. The van der Waals surface area contributed by atoms with Gasteiger partial charge in [-0.3, -0.25) is 4.79 Å². The largest absolute Gasteiger partial charge is 0.460 e. The first-order chi connectivity index (χ1) is 8.08. The molecule has 106 valence electrons. The minimum absolute atomic E-state index is 0.0818. The number of esters is 1. The van der Waals surface area contributed by atoms with Gasteiger partial charge in [-0.25, -0.2) is 0 Å². The lowest BCUT2D eigenvalue weighted by Crippen LogP contribution is -2.30. The molecule has 1 heterocycles. The average Bonchev–Trinajstić information content (AvgIpc) is 2.59. The number of carbonyl (C=O) groups is 1. The third kappa shape index (κ3) is 5.38. The highest BCUT2D eigenvalue weighted by atomic mass is 16.6. The lowest BCUT2D eigenvalue weighted by Gasteiger charge is -2.27. The molecular formula is C15H29NO2. The normalized spacial score (nSPS) is 22.2. The van der Waals surface area contributed by atoms with Gasteiger partial charge in [-0.05, 0) is 45.1 Å². The zero-order valence-corrected chi connectivity index (χ0v) is 12.9. The third-order valence-corrected chi connectivity index (χ3v) is 3.55. The maximum absolute atomic E-state index is 11.6. The number of hydrogen-bond donors (Lipinski definition) is 0. The summed E-state index contributed by atoms with van der Waals surface area (Å²) in [5.41, 5.74) is 0.0106. The van der Waals surface area contributed by atoms with Crippen LogP contribution in [0.5, 0.6) is 0 Å². The summed E-state index contributed by atoms with van der Waals surface area (Å²) in [5, 5.41) is 0. The second kappa shape index (κ2) is 5.60. The molecule has 1 aliphatic rings. The van der Waals surface area contributed by atoms with Gasteiger partial charge in [0.05, 0.1) is 6.42 Å². The highest BCUT2D eigenvalue weighted by Crippen LogP contribution is 2.33. The summed E-state index contributed by atoms with van der Waals surface area (Å²) in [6.45, 7) is 15.7. The van der Waals surface area contributed by atoms with Crippen LogP contribution in [-0.4, -0.2) is 36.1 Å². The van der Waals surface area contributed by atoms with E-state index in [0.717, 1.165) is 25.6 Å². The first kappa shape index (κ1) is 15.5. The van der Waals surface area contributed by atoms with Crippen LogP contribution in [0.2, 0.25) is 0 Å². The third-order valence-electron chi connectivity index (χ3n) is 3.55. The van der Waals surface area contributed by atoms with Gasteiger partial charge in [0.2, 0.25) is 0 Å². The van der Waals surface area contributed by atoms with Crippen molar-refractivity contribution in [3.63, 3.8) is 0 Å². The maximum atomic E-state index is 11.6. The van der Waals surface area contributed by atoms with Gasteiger partial charge in [-0.1, -0.05) is 20.8 Å². The van der Waals surface area contributed by atoms with Crippen LogP contribution in [-0.2, 0) is 9.53 Å². The van der Waals surface area contributed by atoms with E-state index >= 15 is 0 Å². The van der Waals surface area contributed by atoms with Crippen LogP contribution in [0, 0.1) is 11.3 Å². The van der Waals surface area contributed by atoms with Crippen LogP contribution in [0.4, 0.5) is 0 Å². The first-order valence-electron chi connectivity index (χ1n) is 7.02. The van der Waals surface area contributed by atoms with Crippen molar-refractivity contribution in [3.05, 3.63) is 0 Å². The summed E-state index contributed by atoms with van der Waals surface area (Å²) in [7, 11) is 0. The fourth-order valence-corrected chi connectivity index (χ4v) is 2.38. The van der Waals surface area contributed by atoms with Crippen LogP contribution in [0.1, 0.15) is 54.4 Å². The fourth-order valence-electron chi connectivity index (χ4n) is 2.38. The van der Waals surface area contributed by atoms with Crippen molar-refractivity contribution in [1.29, 1.82) is 0 Å². The SMILES string of the molecule is CC(C)(C)OC(=O)CCN1CCC(C(C)(C)C)C1. The molecule has 1 rings (SSSR count). The molecule has 3 nitrogen and oxygen atoms in total. The summed E-state index contributed by atoms with van der Waals surface area (Å²) in [5.74, 6) is 0.665. The molecule has 1 unspecified atom stereocenters. The van der Waals surface area contributed by atoms with Gasteiger partial charge in [-0.2, -0.15) is 0 Å². The Hall–Kier alpha value is -0.570. The van der Waals surface area contributed by atoms with Crippen LogP contribution in [0.25, 0.3) is 0 Å². The van der Waals surface area contributed by atoms with Crippen molar-refractivity contribution in [2.75, 3.05) is 19.6 Å². The Morgan fingerprint density at radius 1 is 1.22 bits per heavy atom. The van der Waals surface area contributed by atoms with E-state index in [-0.39, 0.29) is 11.6 Å². The number of carbonyl (C=O) groups excluding carboxylic acids is 1. The smallest absolute Gasteiger partial charge is 0.307 e. The summed E-state index contributed by atoms with van der Waals surface area (Å²) in [4.78, 5) is 14.0. The molecule has 1 aliphatic heterocycles. The number of likely N-dealkylation sites (tertiary alicyclic amines) is 1. The van der Waals surface area contributed by atoms with Gasteiger partial charge in [0.25, 0.3) is 0 Å². The van der Waals surface area contributed by atoms with Crippen LogP contribution >= 0.6 is 0 Å². The molecule has 18 heavy (non-hydrogen) atoms. The maximum Gasteiger partial charge on any atom is 0.307 e. The van der Waals surface area contributed by atoms with E-state index in [9.17, 15) is 4.79 Å². The van der Waals surface area contributed by atoms with Crippen molar-refractivity contribution in [1.82, 2.24) is 4.90 Å². The second-order valence-corrected chi connectivity index (χ2v) is 7.49. The van der Waals surface area contributed by atoms with Gasteiger partial charge in [0, 0.05) is 13.1 Å². The molecule has 0 N–H and O–H groups in total. The van der Waals surface area contributed by atoms with E-state index in [4.69, 9.17) is 4.74 Å². The van der Waals surface area contributed by atoms with Gasteiger partial charge in [0.15, 0.2) is 0 Å². The van der Waals surface area contributed by atoms with Gasteiger partial charge < -0.3 is 9.64 Å². The Morgan fingerprint density at radius 3 is 2.28 bits per heavy atom. The minimum Gasteiger partial charge on any atom is -0.460 e. The number of nitrogens with zero attached hydrogens (tertiary/aromatic N) is 1. The Morgan fingerprint density at radius 2 is 1.83 bits per heavy atom. The van der Waals surface area contributed by atoms with E-state index in [1.807, 2.05) is 20.8 Å². The molecule has 0 bridgehead atoms. The summed E-state index contributed by atoms with van der Waals surface area (Å²) < 4.78 is 5.33. The highest BCUT2D eigenvalue weighted by Gasteiger charge is 2.31. The molecule has 1 saturated heterocycles. The molecule has 0 amide bonds. The standard InChI is InChI=1S/C15H29NO2/c1-14(2,3)12-7-9-16(11-12)10-8-13(17)18-15(4,5)6/h12H,7-11H2,1-6H3.